The third-order valence-corrected chi connectivity index (χ3v) is 7.73. The number of carbonyl (C=O) groups is 1. The van der Waals surface area contributed by atoms with Gasteiger partial charge in [0, 0.05) is 31.1 Å². The molecule has 4 nitrogen and oxygen atoms in total. The first-order valence-corrected chi connectivity index (χ1v) is 10.6. The van der Waals surface area contributed by atoms with Crippen molar-refractivity contribution in [1.82, 2.24) is 9.80 Å². The van der Waals surface area contributed by atoms with Crippen LogP contribution in [0.4, 0.5) is 0 Å². The van der Waals surface area contributed by atoms with Gasteiger partial charge in [0.1, 0.15) is 0 Å². The first-order valence-electron chi connectivity index (χ1n) is 9.70. The van der Waals surface area contributed by atoms with E-state index in [1.165, 1.54) is 42.8 Å². The normalized spacial score (nSPS) is 32.3. The second-order valence-electron chi connectivity index (χ2n) is 9.17. The van der Waals surface area contributed by atoms with E-state index in [0.29, 0.717) is 5.92 Å². The molecule has 0 spiro atoms. The van der Waals surface area contributed by atoms with Crippen LogP contribution >= 0.6 is 11.3 Å². The molecule has 3 aliphatic rings. The summed E-state index contributed by atoms with van der Waals surface area (Å²) in [4.78, 5) is 18.5. The van der Waals surface area contributed by atoms with Gasteiger partial charge in [-0.25, -0.2) is 0 Å². The van der Waals surface area contributed by atoms with E-state index in [-0.39, 0.29) is 16.7 Å². The zero-order valence-electron chi connectivity index (χ0n) is 15.6. The number of amides is 1. The number of primary amides is 1. The highest BCUT2D eigenvalue weighted by Crippen LogP contribution is 2.62. The van der Waals surface area contributed by atoms with Gasteiger partial charge in [-0.2, -0.15) is 0 Å². The third kappa shape index (κ3) is 3.15. The van der Waals surface area contributed by atoms with E-state index < -0.39 is 0 Å². The molecule has 2 N–H and O–H groups in total. The Labute approximate surface area is 155 Å². The van der Waals surface area contributed by atoms with Crippen LogP contribution in [0.2, 0.25) is 0 Å². The SMILES string of the molecule is CC1(C)C[C@]2(C(N)=O)CN(Cc3cc(CN4CCCCC4)cs3)C[C@H]12. The molecule has 2 atom stereocenters. The molecule has 3 heterocycles. The lowest BCUT2D eigenvalue weighted by Crippen LogP contribution is -2.59. The maximum Gasteiger partial charge on any atom is 0.225 e. The molecule has 25 heavy (non-hydrogen) atoms. The molecule has 138 valence electrons. The van der Waals surface area contributed by atoms with Crippen molar-refractivity contribution in [3.05, 3.63) is 21.9 Å². The highest BCUT2D eigenvalue weighted by atomic mass is 32.1. The summed E-state index contributed by atoms with van der Waals surface area (Å²) in [6.45, 7) is 11.0. The van der Waals surface area contributed by atoms with Crippen LogP contribution in [0.1, 0.15) is 50.0 Å². The molecule has 0 aromatic carbocycles. The van der Waals surface area contributed by atoms with E-state index in [0.717, 1.165) is 32.6 Å². The average Bonchev–Trinajstić information content (AvgIpc) is 3.12. The van der Waals surface area contributed by atoms with E-state index in [4.69, 9.17) is 5.73 Å². The average molecular weight is 362 g/mol. The van der Waals surface area contributed by atoms with E-state index in [9.17, 15) is 4.79 Å². The minimum atomic E-state index is -0.266. The van der Waals surface area contributed by atoms with Crippen LogP contribution in [0.15, 0.2) is 11.4 Å². The standard InChI is InChI=1S/C20H31N3OS/c1-19(2)13-20(18(21)24)14-23(11-17(19)20)10-16-8-15(12-25-16)9-22-6-4-3-5-7-22/h8,12,17H,3-7,9-11,13-14H2,1-2H3,(H2,21,24)/t17-,20+/m1/s1. The van der Waals surface area contributed by atoms with Crippen molar-refractivity contribution >= 4 is 17.2 Å². The van der Waals surface area contributed by atoms with Gasteiger partial charge < -0.3 is 5.73 Å². The summed E-state index contributed by atoms with van der Waals surface area (Å²) in [6, 6.07) is 2.38. The lowest BCUT2D eigenvalue weighted by atomic mass is 9.48. The van der Waals surface area contributed by atoms with E-state index >= 15 is 0 Å². The molecule has 1 aromatic rings. The van der Waals surface area contributed by atoms with Crippen molar-refractivity contribution in [2.24, 2.45) is 22.5 Å². The zero-order chi connectivity index (χ0) is 17.7. The Hall–Kier alpha value is -0.910. The third-order valence-electron chi connectivity index (χ3n) is 6.76. The fourth-order valence-corrected chi connectivity index (χ4v) is 6.55. The number of fused-ring (bicyclic) bond motifs is 1. The second-order valence-corrected chi connectivity index (χ2v) is 10.2. The van der Waals surface area contributed by atoms with Gasteiger partial charge in [-0.1, -0.05) is 20.3 Å². The van der Waals surface area contributed by atoms with Crippen LogP contribution in [-0.2, 0) is 17.9 Å². The van der Waals surface area contributed by atoms with E-state index in [1.54, 1.807) is 0 Å². The topological polar surface area (TPSA) is 49.6 Å². The molecule has 2 saturated heterocycles. The van der Waals surface area contributed by atoms with Gasteiger partial charge >= 0.3 is 0 Å². The van der Waals surface area contributed by atoms with Gasteiger partial charge in [-0.3, -0.25) is 14.6 Å². The van der Waals surface area contributed by atoms with Gasteiger partial charge in [0.2, 0.25) is 5.91 Å². The zero-order valence-corrected chi connectivity index (χ0v) is 16.4. The fourth-order valence-electron chi connectivity index (χ4n) is 5.63. The smallest absolute Gasteiger partial charge is 0.225 e. The van der Waals surface area contributed by atoms with Crippen LogP contribution in [-0.4, -0.2) is 41.9 Å². The molecule has 1 saturated carbocycles. The second kappa shape index (κ2) is 6.36. The van der Waals surface area contributed by atoms with Crippen LogP contribution in [0.25, 0.3) is 0 Å². The summed E-state index contributed by atoms with van der Waals surface area (Å²) in [6.07, 6.45) is 5.02. The largest absolute Gasteiger partial charge is 0.369 e. The quantitative estimate of drug-likeness (QED) is 0.877. The van der Waals surface area contributed by atoms with Crippen LogP contribution in [0, 0.1) is 16.7 Å². The van der Waals surface area contributed by atoms with Crippen LogP contribution in [0.3, 0.4) is 0 Å². The lowest BCUT2D eigenvalue weighted by Gasteiger charge is -2.54. The Kier molecular flexibility index (Phi) is 4.45. The summed E-state index contributed by atoms with van der Waals surface area (Å²) in [7, 11) is 0. The molecule has 0 bridgehead atoms. The first kappa shape index (κ1) is 17.5. The van der Waals surface area contributed by atoms with Crippen molar-refractivity contribution in [3.8, 4) is 0 Å². The number of rotatable bonds is 5. The molecule has 4 rings (SSSR count). The summed E-state index contributed by atoms with van der Waals surface area (Å²) < 4.78 is 0. The highest BCUT2D eigenvalue weighted by Gasteiger charge is 2.65. The number of hydrogen-bond donors (Lipinski definition) is 1. The molecule has 1 amide bonds. The first-order chi connectivity index (χ1) is 11.9. The molecule has 1 aliphatic carbocycles. The van der Waals surface area contributed by atoms with Gasteiger partial charge in [-0.15, -0.1) is 11.3 Å². The number of thiophene rings is 1. The summed E-state index contributed by atoms with van der Waals surface area (Å²) in [5.41, 5.74) is 7.23. The Morgan fingerprint density at radius 1 is 1.24 bits per heavy atom. The molecular formula is C20H31N3OS. The summed E-state index contributed by atoms with van der Waals surface area (Å²) in [5, 5.41) is 2.32. The Bertz CT molecular complexity index is 649. The van der Waals surface area contributed by atoms with Crippen LogP contribution < -0.4 is 5.73 Å². The molecular weight excluding hydrogens is 330 g/mol. The number of nitrogens with zero attached hydrogens (tertiary/aromatic N) is 2. The number of likely N-dealkylation sites (tertiary alicyclic amines) is 2. The van der Waals surface area contributed by atoms with Crippen molar-refractivity contribution in [1.29, 1.82) is 0 Å². The predicted octanol–water partition coefficient (Wildman–Crippen LogP) is 3.07. The fraction of sp³-hybridized carbons (Fsp3) is 0.750. The Balaban J connectivity index is 1.38. The molecule has 0 unspecified atom stereocenters. The summed E-state index contributed by atoms with van der Waals surface area (Å²) >= 11 is 1.87. The number of carbonyl (C=O) groups excluding carboxylic acids is 1. The molecule has 1 aromatic heterocycles. The minimum absolute atomic E-state index is 0.0868. The molecule has 2 aliphatic heterocycles. The van der Waals surface area contributed by atoms with E-state index in [2.05, 4.69) is 35.1 Å². The van der Waals surface area contributed by atoms with Crippen LogP contribution in [0.5, 0.6) is 0 Å². The van der Waals surface area contributed by atoms with Gasteiger partial charge in [0.05, 0.1) is 5.41 Å². The Morgan fingerprint density at radius 2 is 2.00 bits per heavy atom. The Morgan fingerprint density at radius 3 is 2.64 bits per heavy atom. The van der Waals surface area contributed by atoms with Gasteiger partial charge in [-0.05, 0) is 60.7 Å². The highest BCUT2D eigenvalue weighted by molar-refractivity contribution is 7.10. The maximum atomic E-state index is 12.1. The number of piperidine rings is 1. The molecule has 5 heteroatoms. The predicted molar refractivity (Wildman–Crippen MR) is 102 cm³/mol. The number of nitrogens with two attached hydrogens (primary N) is 1. The van der Waals surface area contributed by atoms with Crippen molar-refractivity contribution in [3.63, 3.8) is 0 Å². The van der Waals surface area contributed by atoms with Gasteiger partial charge in [0.15, 0.2) is 0 Å². The molecule has 0 radical (unpaired) electrons. The van der Waals surface area contributed by atoms with E-state index in [1.807, 2.05) is 11.3 Å². The van der Waals surface area contributed by atoms with Crippen molar-refractivity contribution < 1.29 is 4.79 Å². The maximum absolute atomic E-state index is 12.1. The molecule has 3 fully saturated rings. The number of hydrogen-bond acceptors (Lipinski definition) is 4. The summed E-state index contributed by atoms with van der Waals surface area (Å²) in [5.74, 6) is 0.335. The lowest BCUT2D eigenvalue weighted by molar-refractivity contribution is -0.148. The minimum Gasteiger partial charge on any atom is -0.369 e. The monoisotopic (exact) mass is 361 g/mol. The van der Waals surface area contributed by atoms with Crippen molar-refractivity contribution in [2.45, 2.75) is 52.6 Å². The van der Waals surface area contributed by atoms with Crippen molar-refractivity contribution in [2.75, 3.05) is 26.2 Å². The van der Waals surface area contributed by atoms with Gasteiger partial charge in [0.25, 0.3) is 0 Å².